The maximum Gasteiger partial charge on any atom is 0.339 e. The fraction of sp³-hybridized carbons (Fsp3) is 0.750. The van der Waals surface area contributed by atoms with E-state index in [0.717, 1.165) is 6.92 Å². The van der Waals surface area contributed by atoms with Crippen LogP contribution in [0.1, 0.15) is 6.92 Å². The molecule has 0 aliphatic rings. The zero-order valence-electron chi connectivity index (χ0n) is 4.90. The van der Waals surface area contributed by atoms with Crippen molar-refractivity contribution in [2.24, 2.45) is 5.73 Å². The number of rotatable bonds is 2. The number of aliphatic carboxylic acids is 1. The average Bonchev–Trinajstić information content (AvgIpc) is 1.65. The summed E-state index contributed by atoms with van der Waals surface area (Å²) >= 11 is 0. The Morgan fingerprint density at radius 3 is 2.11 bits per heavy atom. The predicted molar refractivity (Wildman–Crippen MR) is 28.5 cm³/mol. The molecule has 0 heterocycles. The zero-order chi connectivity index (χ0) is 7.65. The minimum atomic E-state index is -2.25. The van der Waals surface area contributed by atoms with Gasteiger partial charge in [-0.3, -0.25) is 0 Å². The Morgan fingerprint density at radius 2 is 2.11 bits per heavy atom. The summed E-state index contributed by atoms with van der Waals surface area (Å²) in [6.07, 6.45) is -1.75. The molecule has 2 atom stereocenters. The molecule has 0 aromatic carbocycles. The first-order chi connectivity index (χ1) is 3.89. The number of aliphatic hydroxyl groups excluding tert-OH is 1. The van der Waals surface area contributed by atoms with E-state index in [0.29, 0.717) is 0 Å². The number of carbonyl (C=O) groups is 1. The van der Waals surface area contributed by atoms with Gasteiger partial charge < -0.3 is 21.1 Å². The van der Waals surface area contributed by atoms with Crippen LogP contribution < -0.4 is 5.73 Å². The zero-order valence-corrected chi connectivity index (χ0v) is 4.90. The molecule has 5 heteroatoms. The standard InChI is InChI=1S/C4H9NO4/c1-4(9,2(5)6)3(7)8/h2,6,9H,5H2,1H3,(H,7,8). The lowest BCUT2D eigenvalue weighted by atomic mass is 10.1. The molecule has 0 fully saturated rings. The van der Waals surface area contributed by atoms with Crippen molar-refractivity contribution in [2.45, 2.75) is 18.8 Å². The van der Waals surface area contributed by atoms with Gasteiger partial charge in [0.1, 0.15) is 6.23 Å². The fourth-order valence-corrected chi connectivity index (χ4v) is 0.127. The van der Waals surface area contributed by atoms with Crippen LogP contribution in [0.25, 0.3) is 0 Å². The number of nitrogens with two attached hydrogens (primary N) is 1. The molecular formula is C4H9NO4. The van der Waals surface area contributed by atoms with Crippen LogP contribution in [0.2, 0.25) is 0 Å². The molecule has 0 aromatic rings. The summed E-state index contributed by atoms with van der Waals surface area (Å²) in [5.41, 5.74) is 2.45. The van der Waals surface area contributed by atoms with Gasteiger partial charge in [0.2, 0.25) is 0 Å². The largest absolute Gasteiger partial charge is 0.479 e. The minimum absolute atomic E-state index is 0.917. The van der Waals surface area contributed by atoms with Gasteiger partial charge in [-0.05, 0) is 6.92 Å². The monoisotopic (exact) mass is 135 g/mol. The summed E-state index contributed by atoms with van der Waals surface area (Å²) in [7, 11) is 0. The molecule has 0 saturated heterocycles. The third-order valence-corrected chi connectivity index (χ3v) is 1.01. The van der Waals surface area contributed by atoms with Crippen molar-refractivity contribution in [3.63, 3.8) is 0 Å². The molecule has 0 aromatic heterocycles. The van der Waals surface area contributed by atoms with Crippen LogP contribution in [-0.4, -0.2) is 33.1 Å². The van der Waals surface area contributed by atoms with E-state index in [1.807, 2.05) is 0 Å². The van der Waals surface area contributed by atoms with Gasteiger partial charge in [-0.2, -0.15) is 0 Å². The van der Waals surface area contributed by atoms with E-state index in [1.54, 1.807) is 0 Å². The molecule has 5 N–H and O–H groups in total. The summed E-state index contributed by atoms with van der Waals surface area (Å²) in [5, 5.41) is 25.2. The molecule has 54 valence electrons. The predicted octanol–water partition coefficient (Wildman–Crippen LogP) is -1.90. The number of carboxylic acids is 1. The molecular weight excluding hydrogens is 126 g/mol. The van der Waals surface area contributed by atoms with E-state index >= 15 is 0 Å². The van der Waals surface area contributed by atoms with Crippen molar-refractivity contribution in [1.82, 2.24) is 0 Å². The van der Waals surface area contributed by atoms with Crippen LogP contribution in [-0.2, 0) is 4.79 Å². The van der Waals surface area contributed by atoms with Gasteiger partial charge in [0.25, 0.3) is 0 Å². The van der Waals surface area contributed by atoms with Gasteiger partial charge in [0.05, 0.1) is 0 Å². The molecule has 2 unspecified atom stereocenters. The Bertz CT molecular complexity index is 120. The van der Waals surface area contributed by atoms with Gasteiger partial charge >= 0.3 is 5.97 Å². The molecule has 0 amide bonds. The Kier molecular flexibility index (Phi) is 2.13. The summed E-state index contributed by atoms with van der Waals surface area (Å²) in [5.74, 6) is -1.54. The van der Waals surface area contributed by atoms with Crippen molar-refractivity contribution in [2.75, 3.05) is 0 Å². The number of hydrogen-bond acceptors (Lipinski definition) is 4. The highest BCUT2D eigenvalue weighted by Gasteiger charge is 2.35. The van der Waals surface area contributed by atoms with E-state index in [4.69, 9.17) is 21.1 Å². The van der Waals surface area contributed by atoms with Crippen LogP contribution >= 0.6 is 0 Å². The summed E-state index contributed by atoms with van der Waals surface area (Å²) in [4.78, 5) is 9.97. The second-order valence-electron chi connectivity index (χ2n) is 1.90. The third kappa shape index (κ3) is 1.63. The van der Waals surface area contributed by atoms with Gasteiger partial charge in [0.15, 0.2) is 5.60 Å². The van der Waals surface area contributed by atoms with Gasteiger partial charge in [-0.25, -0.2) is 4.79 Å². The van der Waals surface area contributed by atoms with Crippen LogP contribution in [0, 0.1) is 0 Å². The van der Waals surface area contributed by atoms with Crippen molar-refractivity contribution in [3.8, 4) is 0 Å². The molecule has 0 spiro atoms. The summed E-state index contributed by atoms with van der Waals surface area (Å²) < 4.78 is 0. The minimum Gasteiger partial charge on any atom is -0.479 e. The SMILES string of the molecule is CC(O)(C(=O)O)C(N)O. The molecule has 5 nitrogen and oxygen atoms in total. The molecule has 0 rings (SSSR count). The molecule has 0 aliphatic carbocycles. The first-order valence-electron chi connectivity index (χ1n) is 2.28. The summed E-state index contributed by atoms with van der Waals surface area (Å²) in [6.45, 7) is 0.917. The first kappa shape index (κ1) is 8.35. The Morgan fingerprint density at radius 1 is 1.78 bits per heavy atom. The van der Waals surface area contributed by atoms with Crippen molar-refractivity contribution < 1.29 is 20.1 Å². The van der Waals surface area contributed by atoms with E-state index in [9.17, 15) is 4.79 Å². The van der Waals surface area contributed by atoms with Crippen molar-refractivity contribution in [3.05, 3.63) is 0 Å². The smallest absolute Gasteiger partial charge is 0.339 e. The Balaban J connectivity index is 4.19. The number of hydrogen-bond donors (Lipinski definition) is 4. The molecule has 0 aliphatic heterocycles. The van der Waals surface area contributed by atoms with Gasteiger partial charge in [-0.1, -0.05) is 0 Å². The highest BCUT2D eigenvalue weighted by molar-refractivity contribution is 5.77. The highest BCUT2D eigenvalue weighted by atomic mass is 16.4. The average molecular weight is 135 g/mol. The van der Waals surface area contributed by atoms with Gasteiger partial charge in [0, 0.05) is 0 Å². The number of carboxylic acid groups (broad SMARTS) is 1. The second-order valence-corrected chi connectivity index (χ2v) is 1.90. The lowest BCUT2D eigenvalue weighted by Gasteiger charge is -2.19. The second kappa shape index (κ2) is 2.30. The molecule has 0 bridgehead atoms. The van der Waals surface area contributed by atoms with Gasteiger partial charge in [-0.15, -0.1) is 0 Å². The molecule has 9 heavy (non-hydrogen) atoms. The molecule has 0 saturated carbocycles. The quantitative estimate of drug-likeness (QED) is 0.331. The van der Waals surface area contributed by atoms with Crippen LogP contribution in [0.5, 0.6) is 0 Å². The number of aliphatic hydroxyl groups is 2. The van der Waals surface area contributed by atoms with Crippen LogP contribution in [0.3, 0.4) is 0 Å². The normalized spacial score (nSPS) is 20.4. The van der Waals surface area contributed by atoms with Crippen LogP contribution in [0.15, 0.2) is 0 Å². The van der Waals surface area contributed by atoms with E-state index in [2.05, 4.69) is 0 Å². The fourth-order valence-electron chi connectivity index (χ4n) is 0.127. The topological polar surface area (TPSA) is 104 Å². The Hall–Kier alpha value is -0.650. The van der Waals surface area contributed by atoms with Crippen LogP contribution in [0.4, 0.5) is 0 Å². The highest BCUT2D eigenvalue weighted by Crippen LogP contribution is 2.04. The Labute approximate surface area is 51.7 Å². The van der Waals surface area contributed by atoms with E-state index < -0.39 is 17.8 Å². The van der Waals surface area contributed by atoms with E-state index in [1.165, 1.54) is 0 Å². The lowest BCUT2D eigenvalue weighted by molar-refractivity contribution is -0.167. The lowest BCUT2D eigenvalue weighted by Crippen LogP contribution is -2.51. The van der Waals surface area contributed by atoms with Crippen molar-refractivity contribution >= 4 is 5.97 Å². The first-order valence-corrected chi connectivity index (χ1v) is 2.28. The maximum absolute atomic E-state index is 9.97. The summed E-state index contributed by atoms with van der Waals surface area (Å²) in [6, 6.07) is 0. The maximum atomic E-state index is 9.97. The van der Waals surface area contributed by atoms with E-state index in [-0.39, 0.29) is 0 Å². The van der Waals surface area contributed by atoms with Crippen molar-refractivity contribution in [1.29, 1.82) is 0 Å². The molecule has 0 radical (unpaired) electrons. The third-order valence-electron chi connectivity index (χ3n) is 1.01.